The minimum absolute atomic E-state index is 0.649. The van der Waals surface area contributed by atoms with Gasteiger partial charge in [0.2, 0.25) is 0 Å². The zero-order valence-electron chi connectivity index (χ0n) is 9.50. The number of benzene rings is 1. The molecule has 2 unspecified atom stereocenters. The number of halogens is 2. The van der Waals surface area contributed by atoms with E-state index in [-0.39, 0.29) is 0 Å². The standard InChI is InChI=1S/C13H17BrClN/c1-10-6-7-16(13(10)8-14)9-11-4-2-3-5-12(11)15/h2-5,10,13H,6-9H2,1H3. The lowest BCUT2D eigenvalue weighted by atomic mass is 10.0. The Kier molecular flexibility index (Phi) is 4.28. The van der Waals surface area contributed by atoms with Gasteiger partial charge in [0.05, 0.1) is 0 Å². The number of likely N-dealkylation sites (tertiary alicyclic amines) is 1. The molecule has 2 atom stereocenters. The second-order valence-corrected chi connectivity index (χ2v) is 5.60. The summed E-state index contributed by atoms with van der Waals surface area (Å²) >= 11 is 9.81. The Morgan fingerprint density at radius 1 is 1.44 bits per heavy atom. The monoisotopic (exact) mass is 301 g/mol. The van der Waals surface area contributed by atoms with Crippen LogP contribution in [0, 0.1) is 5.92 Å². The van der Waals surface area contributed by atoms with Crippen molar-refractivity contribution in [2.45, 2.75) is 25.9 Å². The summed E-state index contributed by atoms with van der Waals surface area (Å²) in [6, 6.07) is 8.79. The van der Waals surface area contributed by atoms with Crippen LogP contribution in [0.3, 0.4) is 0 Å². The molecule has 0 saturated carbocycles. The molecule has 1 aromatic carbocycles. The molecule has 1 aliphatic heterocycles. The van der Waals surface area contributed by atoms with Crippen molar-refractivity contribution in [3.05, 3.63) is 34.9 Å². The van der Waals surface area contributed by atoms with Crippen LogP contribution in [0.5, 0.6) is 0 Å². The molecular weight excluding hydrogens is 286 g/mol. The highest BCUT2D eigenvalue weighted by atomic mass is 79.9. The molecule has 88 valence electrons. The second kappa shape index (κ2) is 5.52. The summed E-state index contributed by atoms with van der Waals surface area (Å²) in [5.74, 6) is 0.780. The molecular formula is C13H17BrClN. The van der Waals surface area contributed by atoms with E-state index in [1.165, 1.54) is 18.5 Å². The molecule has 16 heavy (non-hydrogen) atoms. The molecule has 1 aromatic rings. The Hall–Kier alpha value is -0.0500. The highest BCUT2D eigenvalue weighted by molar-refractivity contribution is 9.09. The van der Waals surface area contributed by atoms with E-state index in [2.05, 4.69) is 39.9 Å². The Balaban J connectivity index is 2.08. The maximum atomic E-state index is 6.19. The Morgan fingerprint density at radius 2 is 2.19 bits per heavy atom. The Labute approximate surface area is 111 Å². The summed E-state index contributed by atoms with van der Waals surface area (Å²) in [7, 11) is 0. The average Bonchev–Trinajstić information content (AvgIpc) is 2.63. The number of hydrogen-bond donors (Lipinski definition) is 0. The summed E-state index contributed by atoms with van der Waals surface area (Å²) in [5, 5.41) is 1.94. The van der Waals surface area contributed by atoms with Crippen LogP contribution >= 0.6 is 27.5 Å². The van der Waals surface area contributed by atoms with Crippen LogP contribution in [-0.4, -0.2) is 22.8 Å². The van der Waals surface area contributed by atoms with E-state index < -0.39 is 0 Å². The van der Waals surface area contributed by atoms with E-state index in [1.54, 1.807) is 0 Å². The van der Waals surface area contributed by atoms with E-state index in [4.69, 9.17) is 11.6 Å². The summed E-state index contributed by atoms with van der Waals surface area (Å²) in [5.41, 5.74) is 1.24. The van der Waals surface area contributed by atoms with Crippen molar-refractivity contribution in [2.75, 3.05) is 11.9 Å². The molecule has 1 fully saturated rings. The van der Waals surface area contributed by atoms with Crippen molar-refractivity contribution in [1.29, 1.82) is 0 Å². The molecule has 0 N–H and O–H groups in total. The number of hydrogen-bond acceptors (Lipinski definition) is 1. The zero-order chi connectivity index (χ0) is 11.5. The van der Waals surface area contributed by atoms with Gasteiger partial charge in [-0.2, -0.15) is 0 Å². The second-order valence-electron chi connectivity index (χ2n) is 4.55. The lowest BCUT2D eigenvalue weighted by Gasteiger charge is -2.25. The molecule has 1 aliphatic rings. The summed E-state index contributed by atoms with van der Waals surface area (Å²) < 4.78 is 0. The predicted molar refractivity (Wildman–Crippen MR) is 73.2 cm³/mol. The largest absolute Gasteiger partial charge is 0.295 e. The topological polar surface area (TPSA) is 3.24 Å². The minimum Gasteiger partial charge on any atom is -0.295 e. The highest BCUT2D eigenvalue weighted by Gasteiger charge is 2.30. The van der Waals surface area contributed by atoms with Crippen LogP contribution in [0.2, 0.25) is 5.02 Å². The third-order valence-electron chi connectivity index (χ3n) is 3.49. The van der Waals surface area contributed by atoms with Gasteiger partial charge in [0.25, 0.3) is 0 Å². The van der Waals surface area contributed by atoms with Gasteiger partial charge >= 0.3 is 0 Å². The maximum Gasteiger partial charge on any atom is 0.0451 e. The molecule has 0 aromatic heterocycles. The quantitative estimate of drug-likeness (QED) is 0.764. The van der Waals surface area contributed by atoms with E-state index in [9.17, 15) is 0 Å². The first-order valence-electron chi connectivity index (χ1n) is 5.75. The SMILES string of the molecule is CC1CCN(Cc2ccccc2Cl)C1CBr. The Morgan fingerprint density at radius 3 is 2.88 bits per heavy atom. The molecule has 0 spiro atoms. The molecule has 1 saturated heterocycles. The third-order valence-corrected chi connectivity index (χ3v) is 4.52. The fraction of sp³-hybridized carbons (Fsp3) is 0.538. The van der Waals surface area contributed by atoms with E-state index in [1.807, 2.05) is 12.1 Å². The van der Waals surface area contributed by atoms with Crippen molar-refractivity contribution in [3.8, 4) is 0 Å². The van der Waals surface area contributed by atoms with Crippen molar-refractivity contribution in [2.24, 2.45) is 5.92 Å². The van der Waals surface area contributed by atoms with Gasteiger partial charge in [-0.05, 0) is 30.5 Å². The molecule has 3 heteroatoms. The van der Waals surface area contributed by atoms with Gasteiger partial charge in [0.1, 0.15) is 0 Å². The van der Waals surface area contributed by atoms with E-state index >= 15 is 0 Å². The van der Waals surface area contributed by atoms with Crippen molar-refractivity contribution >= 4 is 27.5 Å². The van der Waals surface area contributed by atoms with Gasteiger partial charge < -0.3 is 0 Å². The molecule has 0 amide bonds. The first-order chi connectivity index (χ1) is 7.72. The molecule has 1 nitrogen and oxygen atoms in total. The number of alkyl halides is 1. The van der Waals surface area contributed by atoms with Crippen LogP contribution in [0.4, 0.5) is 0 Å². The normalized spacial score (nSPS) is 26.2. The fourth-order valence-corrected chi connectivity index (χ4v) is 3.62. The van der Waals surface area contributed by atoms with E-state index in [0.29, 0.717) is 6.04 Å². The van der Waals surface area contributed by atoms with Crippen LogP contribution < -0.4 is 0 Å². The van der Waals surface area contributed by atoms with Crippen molar-refractivity contribution < 1.29 is 0 Å². The van der Waals surface area contributed by atoms with Gasteiger partial charge in [-0.3, -0.25) is 4.90 Å². The first kappa shape index (κ1) is 12.4. The summed E-state index contributed by atoms with van der Waals surface area (Å²) in [4.78, 5) is 2.53. The number of nitrogens with zero attached hydrogens (tertiary/aromatic N) is 1. The van der Waals surface area contributed by atoms with Gasteiger partial charge in [-0.15, -0.1) is 0 Å². The molecule has 0 radical (unpaired) electrons. The molecule has 0 aliphatic carbocycles. The van der Waals surface area contributed by atoms with Gasteiger partial charge in [-0.25, -0.2) is 0 Å². The van der Waals surface area contributed by atoms with Gasteiger partial charge in [-0.1, -0.05) is 52.7 Å². The average molecular weight is 303 g/mol. The van der Waals surface area contributed by atoms with E-state index in [0.717, 1.165) is 22.8 Å². The van der Waals surface area contributed by atoms with Crippen LogP contribution in [0.15, 0.2) is 24.3 Å². The molecule has 1 heterocycles. The minimum atomic E-state index is 0.649. The zero-order valence-corrected chi connectivity index (χ0v) is 11.8. The van der Waals surface area contributed by atoms with Gasteiger partial charge in [0, 0.05) is 22.9 Å². The lowest BCUT2D eigenvalue weighted by Crippen LogP contribution is -2.33. The van der Waals surface area contributed by atoms with Crippen LogP contribution in [0.25, 0.3) is 0 Å². The number of rotatable bonds is 3. The van der Waals surface area contributed by atoms with Crippen LogP contribution in [0.1, 0.15) is 18.9 Å². The van der Waals surface area contributed by atoms with Gasteiger partial charge in [0.15, 0.2) is 0 Å². The highest BCUT2D eigenvalue weighted by Crippen LogP contribution is 2.28. The van der Waals surface area contributed by atoms with Crippen molar-refractivity contribution in [1.82, 2.24) is 4.90 Å². The smallest absolute Gasteiger partial charge is 0.0451 e. The predicted octanol–water partition coefficient (Wildman–Crippen LogP) is 3.95. The molecule has 2 rings (SSSR count). The lowest BCUT2D eigenvalue weighted by molar-refractivity contribution is 0.244. The van der Waals surface area contributed by atoms with Crippen molar-refractivity contribution in [3.63, 3.8) is 0 Å². The maximum absolute atomic E-state index is 6.19. The Bertz CT molecular complexity index is 356. The molecule has 0 bridgehead atoms. The fourth-order valence-electron chi connectivity index (χ4n) is 2.38. The summed E-state index contributed by atoms with van der Waals surface area (Å²) in [6.07, 6.45) is 1.29. The summed E-state index contributed by atoms with van der Waals surface area (Å²) in [6.45, 7) is 4.49. The first-order valence-corrected chi connectivity index (χ1v) is 7.25. The van der Waals surface area contributed by atoms with Crippen LogP contribution in [-0.2, 0) is 6.54 Å². The third kappa shape index (κ3) is 2.61.